The van der Waals surface area contributed by atoms with Crippen LogP contribution in [0.25, 0.3) is 22.6 Å². The minimum Gasteiger partial charge on any atom is -0.381 e. The Morgan fingerprint density at radius 1 is 1.25 bits per heavy atom. The Labute approximate surface area is 151 Å². The van der Waals surface area contributed by atoms with Crippen LogP contribution in [0, 0.1) is 0 Å². The van der Waals surface area contributed by atoms with Gasteiger partial charge < -0.3 is 5.73 Å². The fourth-order valence-electron chi connectivity index (χ4n) is 2.66. The second-order valence-electron chi connectivity index (χ2n) is 5.47. The number of anilines is 1. The van der Waals surface area contributed by atoms with Crippen molar-refractivity contribution in [3.8, 4) is 22.6 Å². The third kappa shape index (κ3) is 2.50. The lowest BCUT2D eigenvalue weighted by molar-refractivity contribution is 0.770. The van der Waals surface area contributed by atoms with Crippen LogP contribution in [0.3, 0.4) is 0 Å². The molecule has 6 nitrogen and oxygen atoms in total. The number of aliphatic imine (C=N–C) groups is 1. The van der Waals surface area contributed by atoms with Crippen molar-refractivity contribution in [1.29, 1.82) is 0 Å². The Balaban J connectivity index is 1.97. The highest BCUT2D eigenvalue weighted by molar-refractivity contribution is 9.10. The first-order valence-electron chi connectivity index (χ1n) is 7.18. The molecule has 4 rings (SSSR count). The first-order valence-corrected chi connectivity index (χ1v) is 8.35. The molecule has 0 radical (unpaired) electrons. The lowest BCUT2D eigenvalue weighted by Crippen LogP contribution is -2.02. The molecule has 2 N–H and O–H groups in total. The molecular weight excluding hydrogens is 392 g/mol. The van der Waals surface area contributed by atoms with Gasteiger partial charge in [0.1, 0.15) is 16.0 Å². The maximum absolute atomic E-state index is 6.41. The van der Waals surface area contributed by atoms with E-state index in [0.717, 1.165) is 16.7 Å². The predicted molar refractivity (Wildman–Crippen MR) is 98.1 cm³/mol. The summed E-state index contributed by atoms with van der Waals surface area (Å²) in [6.07, 6.45) is 3.67. The van der Waals surface area contributed by atoms with Gasteiger partial charge in [-0.1, -0.05) is 11.6 Å². The molecule has 2 aromatic heterocycles. The van der Waals surface area contributed by atoms with Gasteiger partial charge in [-0.15, -0.1) is 0 Å². The van der Waals surface area contributed by atoms with Gasteiger partial charge in [-0.3, -0.25) is 9.67 Å². The minimum atomic E-state index is 0.313. The van der Waals surface area contributed by atoms with E-state index in [9.17, 15) is 0 Å². The van der Waals surface area contributed by atoms with E-state index in [4.69, 9.17) is 17.3 Å². The zero-order chi connectivity index (χ0) is 16.8. The molecule has 0 saturated heterocycles. The summed E-state index contributed by atoms with van der Waals surface area (Å²) < 4.78 is 2.20. The van der Waals surface area contributed by atoms with Gasteiger partial charge in [0.25, 0.3) is 0 Å². The third-order valence-electron chi connectivity index (χ3n) is 3.82. The maximum atomic E-state index is 6.41. The quantitative estimate of drug-likeness (QED) is 0.710. The molecule has 1 aromatic carbocycles. The second kappa shape index (κ2) is 5.68. The summed E-state index contributed by atoms with van der Waals surface area (Å²) in [6, 6.07) is 5.77. The molecule has 0 unspecified atom stereocenters. The van der Waals surface area contributed by atoms with Crippen molar-refractivity contribution in [3.05, 3.63) is 45.1 Å². The van der Waals surface area contributed by atoms with Crippen LogP contribution in [0.2, 0.25) is 5.02 Å². The molecule has 120 valence electrons. The molecule has 0 amide bonds. The molecule has 0 bridgehead atoms. The molecule has 24 heavy (non-hydrogen) atoms. The molecule has 1 aliphatic rings. The highest BCUT2D eigenvalue weighted by atomic mass is 79.9. The number of fused-ring (bicyclic) bond motifs is 1. The largest absolute Gasteiger partial charge is 0.381 e. The van der Waals surface area contributed by atoms with Crippen molar-refractivity contribution in [1.82, 2.24) is 19.7 Å². The van der Waals surface area contributed by atoms with Crippen molar-refractivity contribution in [2.24, 2.45) is 12.0 Å². The number of benzene rings is 1. The van der Waals surface area contributed by atoms with E-state index in [1.54, 1.807) is 4.68 Å². The van der Waals surface area contributed by atoms with E-state index < -0.39 is 0 Å². The van der Waals surface area contributed by atoms with Crippen LogP contribution in [0.15, 0.2) is 34.0 Å². The summed E-state index contributed by atoms with van der Waals surface area (Å²) >= 11 is 9.77. The van der Waals surface area contributed by atoms with Gasteiger partial charge in [-0.25, -0.2) is 9.97 Å². The molecule has 1 aliphatic heterocycles. The predicted octanol–water partition coefficient (Wildman–Crippen LogP) is 3.47. The molecule has 0 saturated carbocycles. The fourth-order valence-corrected chi connectivity index (χ4v) is 3.21. The zero-order valence-corrected chi connectivity index (χ0v) is 15.0. The van der Waals surface area contributed by atoms with Crippen LogP contribution in [0.4, 0.5) is 5.82 Å². The number of nitrogens with zero attached hydrogens (tertiary/aromatic N) is 5. The summed E-state index contributed by atoms with van der Waals surface area (Å²) in [5.41, 5.74) is 10.8. The lowest BCUT2D eigenvalue weighted by Gasteiger charge is -2.11. The SMILES string of the molecule is Cn1ccc(-c2nc(N)c(Br)nc2-c2cc(Cl)c3c(c2)C=NC3)n1. The normalized spacial score (nSPS) is 12.6. The van der Waals surface area contributed by atoms with E-state index in [2.05, 4.69) is 36.0 Å². The number of rotatable bonds is 2. The van der Waals surface area contributed by atoms with Crippen LogP contribution >= 0.6 is 27.5 Å². The molecule has 0 atom stereocenters. The van der Waals surface area contributed by atoms with Gasteiger partial charge in [0.05, 0.1) is 12.2 Å². The molecule has 3 aromatic rings. The van der Waals surface area contributed by atoms with Crippen LogP contribution in [-0.4, -0.2) is 26.0 Å². The van der Waals surface area contributed by atoms with Crippen LogP contribution in [0.5, 0.6) is 0 Å². The summed E-state index contributed by atoms with van der Waals surface area (Å²) in [4.78, 5) is 13.3. The number of hydrogen-bond donors (Lipinski definition) is 1. The second-order valence-corrected chi connectivity index (χ2v) is 6.63. The average molecular weight is 404 g/mol. The number of nitrogen functional groups attached to an aromatic ring is 1. The summed E-state index contributed by atoms with van der Waals surface area (Å²) in [5, 5.41) is 5.09. The summed E-state index contributed by atoms with van der Waals surface area (Å²) in [6.45, 7) is 0.610. The molecule has 3 heterocycles. The van der Waals surface area contributed by atoms with Gasteiger partial charge in [0.15, 0.2) is 5.82 Å². The van der Waals surface area contributed by atoms with Crippen molar-refractivity contribution in [3.63, 3.8) is 0 Å². The molecule has 0 fully saturated rings. The lowest BCUT2D eigenvalue weighted by atomic mass is 10.0. The Morgan fingerprint density at radius 3 is 2.83 bits per heavy atom. The summed E-state index contributed by atoms with van der Waals surface area (Å²) in [5.74, 6) is 0.313. The van der Waals surface area contributed by atoms with E-state index >= 15 is 0 Å². The monoisotopic (exact) mass is 402 g/mol. The van der Waals surface area contributed by atoms with Crippen molar-refractivity contribution in [2.45, 2.75) is 6.54 Å². The first kappa shape index (κ1) is 15.3. The fraction of sp³-hybridized carbons (Fsp3) is 0.125. The smallest absolute Gasteiger partial charge is 0.157 e. The van der Waals surface area contributed by atoms with Gasteiger partial charge >= 0.3 is 0 Å². The molecular formula is C16H12BrClN6. The highest BCUT2D eigenvalue weighted by Crippen LogP contribution is 2.35. The maximum Gasteiger partial charge on any atom is 0.157 e. The first-order chi connectivity index (χ1) is 11.5. The van der Waals surface area contributed by atoms with Crippen molar-refractivity contribution < 1.29 is 0 Å². The standard InChI is InChI=1S/C16H12BrClN6/c1-24-3-2-12(23-24)14-13(21-15(17)16(19)22-14)8-4-9-6-20-7-10(9)11(18)5-8/h2-6H,7H2,1H3,(H2,19,22). The number of nitrogens with two attached hydrogens (primary N) is 1. The van der Waals surface area contributed by atoms with Gasteiger partial charge in [0, 0.05) is 35.6 Å². The van der Waals surface area contributed by atoms with E-state index in [-0.39, 0.29) is 0 Å². The van der Waals surface area contributed by atoms with Crippen LogP contribution < -0.4 is 5.73 Å². The number of halogens is 2. The zero-order valence-electron chi connectivity index (χ0n) is 12.7. The summed E-state index contributed by atoms with van der Waals surface area (Å²) in [7, 11) is 1.85. The minimum absolute atomic E-state index is 0.313. The highest BCUT2D eigenvalue weighted by Gasteiger charge is 2.19. The third-order valence-corrected chi connectivity index (χ3v) is 4.74. The van der Waals surface area contributed by atoms with E-state index in [0.29, 0.717) is 39.1 Å². The molecule has 0 spiro atoms. The van der Waals surface area contributed by atoms with Gasteiger partial charge in [-0.2, -0.15) is 5.10 Å². The molecule has 8 heteroatoms. The Morgan fingerprint density at radius 2 is 2.08 bits per heavy atom. The van der Waals surface area contributed by atoms with Crippen molar-refractivity contribution in [2.75, 3.05) is 5.73 Å². The van der Waals surface area contributed by atoms with Crippen molar-refractivity contribution >= 4 is 39.6 Å². The molecule has 0 aliphatic carbocycles. The Bertz CT molecular complexity index is 994. The Hall–Kier alpha value is -2.25. The van der Waals surface area contributed by atoms with Gasteiger partial charge in [-0.05, 0) is 39.7 Å². The van der Waals surface area contributed by atoms with E-state index in [1.165, 1.54) is 0 Å². The van der Waals surface area contributed by atoms with E-state index in [1.807, 2.05) is 37.7 Å². The van der Waals surface area contributed by atoms with Gasteiger partial charge in [0.2, 0.25) is 0 Å². The van der Waals surface area contributed by atoms with Crippen LogP contribution in [0.1, 0.15) is 11.1 Å². The topological polar surface area (TPSA) is 82.0 Å². The number of hydrogen-bond acceptors (Lipinski definition) is 5. The average Bonchev–Trinajstić information content (AvgIpc) is 3.18. The number of aromatic nitrogens is 4. The van der Waals surface area contributed by atoms with Crippen LogP contribution in [-0.2, 0) is 13.6 Å². The Kier molecular flexibility index (Phi) is 3.62. The number of aryl methyl sites for hydroxylation is 1.